The van der Waals surface area contributed by atoms with Gasteiger partial charge < -0.3 is 14.1 Å². The minimum atomic E-state index is -0.707. The van der Waals surface area contributed by atoms with Crippen molar-refractivity contribution < 1.29 is 9.15 Å². The van der Waals surface area contributed by atoms with Crippen LogP contribution in [0.4, 0.5) is 17.1 Å². The van der Waals surface area contributed by atoms with Crippen molar-refractivity contribution in [2.24, 2.45) is 0 Å². The first kappa shape index (κ1) is 27.8. The highest BCUT2D eigenvalue weighted by Crippen LogP contribution is 2.48. The van der Waals surface area contributed by atoms with Crippen LogP contribution in [0.2, 0.25) is 0 Å². The van der Waals surface area contributed by atoms with Crippen LogP contribution in [-0.2, 0) is 0 Å². The second kappa shape index (κ2) is 10.7. The summed E-state index contributed by atoms with van der Waals surface area (Å²) < 4.78 is 13.0. The number of para-hydroxylation sites is 1. The second-order valence-electron chi connectivity index (χ2n) is 13.6. The van der Waals surface area contributed by atoms with Crippen molar-refractivity contribution >= 4 is 69.7 Å². The van der Waals surface area contributed by atoms with Crippen LogP contribution in [0.25, 0.3) is 55.0 Å². The van der Waals surface area contributed by atoms with Crippen molar-refractivity contribution in [3.05, 3.63) is 169 Å². The molecule has 0 radical (unpaired) electrons. The lowest BCUT2D eigenvalue weighted by molar-refractivity contribution is 0.270. The van der Waals surface area contributed by atoms with Crippen LogP contribution in [0.3, 0.4) is 0 Å². The van der Waals surface area contributed by atoms with E-state index in [0.29, 0.717) is 5.92 Å². The summed E-state index contributed by atoms with van der Waals surface area (Å²) in [5.41, 5.74) is 11.5. The fourth-order valence-electron chi connectivity index (χ4n) is 8.44. The molecule has 0 saturated carbocycles. The van der Waals surface area contributed by atoms with E-state index in [4.69, 9.17) is 9.15 Å². The molecule has 4 heteroatoms. The largest absolute Gasteiger partial charge is 0.484 e. The van der Waals surface area contributed by atoms with Crippen LogP contribution in [0.15, 0.2) is 168 Å². The normalized spacial score (nSPS) is 17.2. The Morgan fingerprint density at radius 2 is 1.38 bits per heavy atom. The van der Waals surface area contributed by atoms with Crippen LogP contribution < -0.4 is 20.0 Å². The van der Waals surface area contributed by atoms with E-state index in [1.165, 1.54) is 49.0 Å². The Bertz CT molecular complexity index is 2740. The summed E-state index contributed by atoms with van der Waals surface area (Å²) in [5.74, 6) is 1.38. The van der Waals surface area contributed by atoms with Crippen molar-refractivity contribution in [2.75, 3.05) is 4.90 Å². The summed E-state index contributed by atoms with van der Waals surface area (Å²) in [6.07, 6.45) is 8.81. The van der Waals surface area contributed by atoms with Crippen molar-refractivity contribution in [3.63, 3.8) is 0 Å². The van der Waals surface area contributed by atoms with Gasteiger partial charge in [0.1, 0.15) is 23.0 Å². The number of nitrogens with zero attached hydrogens (tertiary/aromatic N) is 1. The molecule has 3 nitrogen and oxygen atoms in total. The molecule has 3 aliphatic rings. The number of hydrogen-bond acceptors (Lipinski definition) is 3. The highest BCUT2D eigenvalue weighted by Gasteiger charge is 2.37. The first-order valence-electron chi connectivity index (χ1n) is 17.4. The standard InChI is InChI=1S/C46H31NO2Si/c1-2-9-30-26-31(17-16-28(30)8-1)29-18-20-32(21-19-29)47(38-12-7-15-41-44(38)36-11-4-6-14-40(36)48-41)33-22-23-37-43(27-33)50-42-25-24-35-34-10-3-5-13-39(34)49-46(35)45(37)42/h1-27,34,39H,50H2. The summed E-state index contributed by atoms with van der Waals surface area (Å²) in [6.45, 7) is 0. The third-order valence-electron chi connectivity index (χ3n) is 10.8. The predicted molar refractivity (Wildman–Crippen MR) is 210 cm³/mol. The van der Waals surface area contributed by atoms with E-state index in [1.54, 1.807) is 0 Å². The molecule has 8 aromatic rings. The van der Waals surface area contributed by atoms with Gasteiger partial charge in [0.25, 0.3) is 0 Å². The van der Waals surface area contributed by atoms with Gasteiger partial charge in [0.2, 0.25) is 0 Å². The summed E-state index contributed by atoms with van der Waals surface area (Å²) in [6, 6.07) is 50.8. The van der Waals surface area contributed by atoms with Crippen molar-refractivity contribution in [1.29, 1.82) is 0 Å². The second-order valence-corrected chi connectivity index (χ2v) is 15.5. The lowest BCUT2D eigenvalue weighted by Gasteiger charge is -2.27. The number of rotatable bonds is 4. The van der Waals surface area contributed by atoms with E-state index in [-0.39, 0.29) is 6.10 Å². The Hall–Kier alpha value is -6.10. The molecule has 236 valence electrons. The molecule has 0 N–H and O–H groups in total. The molecule has 2 unspecified atom stereocenters. The third-order valence-corrected chi connectivity index (χ3v) is 12.7. The lowest BCUT2D eigenvalue weighted by atomic mass is 9.90. The van der Waals surface area contributed by atoms with Crippen LogP contribution in [-0.4, -0.2) is 15.6 Å². The maximum absolute atomic E-state index is 6.64. The maximum Gasteiger partial charge on any atom is 0.137 e. The number of hydrogen-bond donors (Lipinski definition) is 0. The number of allylic oxidation sites excluding steroid dienone is 2. The summed E-state index contributed by atoms with van der Waals surface area (Å²) >= 11 is 0. The van der Waals surface area contributed by atoms with Gasteiger partial charge in [-0.1, -0.05) is 120 Å². The van der Waals surface area contributed by atoms with E-state index in [1.807, 2.05) is 6.07 Å². The van der Waals surface area contributed by atoms with E-state index in [0.717, 1.165) is 44.8 Å². The van der Waals surface area contributed by atoms with Gasteiger partial charge in [0.15, 0.2) is 0 Å². The summed E-state index contributed by atoms with van der Waals surface area (Å²) in [4.78, 5) is 2.41. The average molecular weight is 658 g/mol. The van der Waals surface area contributed by atoms with Crippen molar-refractivity contribution in [3.8, 4) is 28.0 Å². The first-order chi connectivity index (χ1) is 24.8. The number of furan rings is 1. The SMILES string of the molecule is C1=CC2Oc3c(ccc4c3-c3ccc(N(c5ccc(-c6ccc7ccccc7c6)cc5)c5cccc6oc7ccccc7c56)cc3[SiH2]4)C2C=C1. The molecule has 7 aromatic carbocycles. The molecule has 1 aromatic heterocycles. The van der Waals surface area contributed by atoms with Gasteiger partial charge in [-0.25, -0.2) is 0 Å². The fraction of sp³-hybridized carbons (Fsp3) is 0.0435. The molecule has 2 atom stereocenters. The van der Waals surface area contributed by atoms with Gasteiger partial charge >= 0.3 is 0 Å². The van der Waals surface area contributed by atoms with Crippen LogP contribution in [0.1, 0.15) is 11.5 Å². The molecule has 0 bridgehead atoms. The highest BCUT2D eigenvalue weighted by atomic mass is 28.2. The van der Waals surface area contributed by atoms with Crippen molar-refractivity contribution in [1.82, 2.24) is 0 Å². The number of benzene rings is 7. The molecule has 11 rings (SSSR count). The Labute approximate surface area is 292 Å². The zero-order valence-electron chi connectivity index (χ0n) is 27.2. The monoisotopic (exact) mass is 657 g/mol. The average Bonchev–Trinajstić information content (AvgIpc) is 3.86. The third kappa shape index (κ3) is 4.15. The van der Waals surface area contributed by atoms with Crippen LogP contribution in [0, 0.1) is 0 Å². The van der Waals surface area contributed by atoms with Gasteiger partial charge in [-0.05, 0) is 82.1 Å². The minimum absolute atomic E-state index is 0.0878. The number of fused-ring (bicyclic) bond motifs is 11. The fourth-order valence-corrected chi connectivity index (χ4v) is 10.4. The highest BCUT2D eigenvalue weighted by molar-refractivity contribution is 6.73. The van der Waals surface area contributed by atoms with Crippen LogP contribution >= 0.6 is 0 Å². The Kier molecular flexibility index (Phi) is 5.95. The number of anilines is 3. The van der Waals surface area contributed by atoms with E-state index in [2.05, 4.69) is 163 Å². The Morgan fingerprint density at radius 3 is 2.32 bits per heavy atom. The minimum Gasteiger partial charge on any atom is -0.484 e. The van der Waals surface area contributed by atoms with Gasteiger partial charge in [-0.3, -0.25) is 0 Å². The van der Waals surface area contributed by atoms with E-state index >= 15 is 0 Å². The molecule has 0 saturated heterocycles. The summed E-state index contributed by atoms with van der Waals surface area (Å²) in [7, 11) is -0.707. The van der Waals surface area contributed by atoms with Gasteiger partial charge in [-0.15, -0.1) is 0 Å². The van der Waals surface area contributed by atoms with Gasteiger partial charge in [0, 0.05) is 33.8 Å². The molecule has 1 aliphatic carbocycles. The number of ether oxygens (including phenoxy) is 1. The molecule has 0 fully saturated rings. The smallest absolute Gasteiger partial charge is 0.137 e. The predicted octanol–water partition coefficient (Wildman–Crippen LogP) is 9.95. The molecule has 2 aliphatic heterocycles. The zero-order chi connectivity index (χ0) is 32.8. The van der Waals surface area contributed by atoms with Crippen molar-refractivity contribution in [2.45, 2.75) is 12.0 Å². The molecular weight excluding hydrogens is 627 g/mol. The Morgan fingerprint density at radius 1 is 0.580 bits per heavy atom. The lowest BCUT2D eigenvalue weighted by Crippen LogP contribution is -2.22. The molecule has 0 amide bonds. The van der Waals surface area contributed by atoms with Gasteiger partial charge in [0.05, 0.1) is 20.6 Å². The van der Waals surface area contributed by atoms with E-state index in [9.17, 15) is 0 Å². The summed E-state index contributed by atoms with van der Waals surface area (Å²) in [5, 5.41) is 7.67. The maximum atomic E-state index is 6.64. The topological polar surface area (TPSA) is 25.6 Å². The zero-order valence-corrected chi connectivity index (χ0v) is 28.6. The van der Waals surface area contributed by atoms with Gasteiger partial charge in [-0.2, -0.15) is 0 Å². The quantitative estimate of drug-likeness (QED) is 0.176. The molecular formula is C46H31NO2Si. The molecule has 0 spiro atoms. The molecule has 3 heterocycles. The Balaban J connectivity index is 1.06. The van der Waals surface area contributed by atoms with E-state index < -0.39 is 9.52 Å². The first-order valence-corrected chi connectivity index (χ1v) is 18.8. The molecule has 50 heavy (non-hydrogen) atoms. The van der Waals surface area contributed by atoms with Crippen LogP contribution in [0.5, 0.6) is 5.75 Å².